The summed E-state index contributed by atoms with van der Waals surface area (Å²) < 4.78 is 0. The molecule has 0 saturated heterocycles. The van der Waals surface area contributed by atoms with Crippen LogP contribution in [0, 0.1) is 0 Å². The van der Waals surface area contributed by atoms with E-state index in [4.69, 9.17) is 23.2 Å². The maximum Gasteiger partial charge on any atom is 0.0627 e. The smallest absolute Gasteiger partial charge is 0.0627 e. The first-order valence-electron chi connectivity index (χ1n) is 6.63. The summed E-state index contributed by atoms with van der Waals surface area (Å²) in [7, 11) is 0. The predicted octanol–water partition coefficient (Wildman–Crippen LogP) is 2.96. The fourth-order valence-electron chi connectivity index (χ4n) is 1.99. The second-order valence-electron chi connectivity index (χ2n) is 4.38. The summed E-state index contributed by atoms with van der Waals surface area (Å²) >= 11 is 12.1. The molecular formula is C14H22Cl2N2O. The van der Waals surface area contributed by atoms with Gasteiger partial charge in [-0.25, -0.2) is 0 Å². The average molecular weight is 305 g/mol. The Morgan fingerprint density at radius 2 is 1.95 bits per heavy atom. The molecule has 1 unspecified atom stereocenters. The molecule has 19 heavy (non-hydrogen) atoms. The van der Waals surface area contributed by atoms with Crippen molar-refractivity contribution in [1.82, 2.24) is 10.2 Å². The molecule has 0 aliphatic rings. The van der Waals surface area contributed by atoms with Crippen LogP contribution in [-0.4, -0.2) is 42.8 Å². The minimum absolute atomic E-state index is 0.00167. The van der Waals surface area contributed by atoms with Crippen molar-refractivity contribution < 1.29 is 5.11 Å². The number of nitrogens with zero attached hydrogens (tertiary/aromatic N) is 1. The third-order valence-corrected chi connectivity index (χ3v) is 3.81. The summed E-state index contributed by atoms with van der Waals surface area (Å²) in [6.07, 6.45) is 0. The highest BCUT2D eigenvalue weighted by molar-refractivity contribution is 6.33. The second-order valence-corrected chi connectivity index (χ2v) is 5.23. The van der Waals surface area contributed by atoms with Crippen molar-refractivity contribution in [2.45, 2.75) is 19.9 Å². The van der Waals surface area contributed by atoms with Crippen LogP contribution in [0.3, 0.4) is 0 Å². The molecule has 1 rings (SSSR count). The van der Waals surface area contributed by atoms with Crippen LogP contribution in [0.1, 0.15) is 25.5 Å². The predicted molar refractivity (Wildman–Crippen MR) is 82.1 cm³/mol. The quantitative estimate of drug-likeness (QED) is 0.775. The van der Waals surface area contributed by atoms with E-state index in [0.717, 1.165) is 31.7 Å². The van der Waals surface area contributed by atoms with Crippen molar-refractivity contribution in [1.29, 1.82) is 0 Å². The van der Waals surface area contributed by atoms with Crippen LogP contribution in [0.15, 0.2) is 18.2 Å². The fourth-order valence-corrected chi connectivity index (χ4v) is 2.42. The van der Waals surface area contributed by atoms with Gasteiger partial charge in [0.15, 0.2) is 0 Å². The number of likely N-dealkylation sites (N-methyl/N-ethyl adjacent to an activating group) is 1. The molecule has 2 N–H and O–H groups in total. The van der Waals surface area contributed by atoms with Crippen molar-refractivity contribution in [2.75, 3.05) is 32.8 Å². The second kappa shape index (κ2) is 8.77. The zero-order valence-corrected chi connectivity index (χ0v) is 13.0. The zero-order chi connectivity index (χ0) is 14.3. The van der Waals surface area contributed by atoms with E-state index < -0.39 is 0 Å². The SMILES string of the molecule is CCN(CC)CCNC(CO)c1cc(Cl)ccc1Cl. The van der Waals surface area contributed by atoms with Crippen molar-refractivity contribution in [3.63, 3.8) is 0 Å². The van der Waals surface area contributed by atoms with Gasteiger partial charge < -0.3 is 15.3 Å². The summed E-state index contributed by atoms with van der Waals surface area (Å²) in [6, 6.07) is 5.13. The zero-order valence-electron chi connectivity index (χ0n) is 11.5. The number of aliphatic hydroxyl groups is 1. The molecule has 0 bridgehead atoms. The number of rotatable bonds is 8. The molecule has 1 atom stereocenters. The molecule has 1 aromatic rings. The number of hydrogen-bond acceptors (Lipinski definition) is 3. The van der Waals surface area contributed by atoms with E-state index in [1.54, 1.807) is 18.2 Å². The third kappa shape index (κ3) is 5.28. The van der Waals surface area contributed by atoms with Crippen LogP contribution in [-0.2, 0) is 0 Å². The third-order valence-electron chi connectivity index (χ3n) is 3.23. The monoisotopic (exact) mass is 304 g/mol. The molecule has 0 amide bonds. The van der Waals surface area contributed by atoms with E-state index in [0.29, 0.717) is 10.0 Å². The molecule has 3 nitrogen and oxygen atoms in total. The Labute approximate surface area is 125 Å². The maximum absolute atomic E-state index is 9.50. The molecular weight excluding hydrogens is 283 g/mol. The van der Waals surface area contributed by atoms with Gasteiger partial charge in [0.2, 0.25) is 0 Å². The minimum atomic E-state index is -0.179. The summed E-state index contributed by atoms with van der Waals surface area (Å²) in [5, 5.41) is 14.1. The Morgan fingerprint density at radius 3 is 2.53 bits per heavy atom. The van der Waals surface area contributed by atoms with E-state index in [1.807, 2.05) is 0 Å². The Bertz CT molecular complexity index is 384. The molecule has 0 heterocycles. The Morgan fingerprint density at radius 1 is 1.26 bits per heavy atom. The molecule has 0 radical (unpaired) electrons. The van der Waals surface area contributed by atoms with Gasteiger partial charge in [-0.1, -0.05) is 37.0 Å². The van der Waals surface area contributed by atoms with E-state index >= 15 is 0 Å². The summed E-state index contributed by atoms with van der Waals surface area (Å²) in [4.78, 5) is 2.32. The van der Waals surface area contributed by atoms with Crippen molar-refractivity contribution in [2.24, 2.45) is 0 Å². The molecule has 0 aliphatic carbocycles. The Balaban J connectivity index is 2.60. The fraction of sp³-hybridized carbons (Fsp3) is 0.571. The van der Waals surface area contributed by atoms with Gasteiger partial charge >= 0.3 is 0 Å². The molecule has 108 valence electrons. The van der Waals surface area contributed by atoms with Gasteiger partial charge in [-0.2, -0.15) is 0 Å². The molecule has 0 spiro atoms. The maximum atomic E-state index is 9.50. The average Bonchev–Trinajstić information content (AvgIpc) is 2.42. The van der Waals surface area contributed by atoms with E-state index in [2.05, 4.69) is 24.1 Å². The lowest BCUT2D eigenvalue weighted by Gasteiger charge is -2.22. The first kappa shape index (κ1) is 16.7. The van der Waals surface area contributed by atoms with Gasteiger partial charge in [-0.05, 0) is 36.9 Å². The van der Waals surface area contributed by atoms with Crippen LogP contribution in [0.4, 0.5) is 0 Å². The number of aliphatic hydroxyl groups excluding tert-OH is 1. The Hall–Kier alpha value is -0.320. The highest BCUT2D eigenvalue weighted by atomic mass is 35.5. The number of halogens is 2. The van der Waals surface area contributed by atoms with Crippen molar-refractivity contribution >= 4 is 23.2 Å². The minimum Gasteiger partial charge on any atom is -0.394 e. The van der Waals surface area contributed by atoms with Gasteiger partial charge in [-0.3, -0.25) is 0 Å². The summed E-state index contributed by atoms with van der Waals surface area (Å²) in [5.41, 5.74) is 0.844. The first-order chi connectivity index (χ1) is 9.12. The van der Waals surface area contributed by atoms with Gasteiger partial charge in [0.1, 0.15) is 0 Å². The molecule has 0 saturated carbocycles. The van der Waals surface area contributed by atoms with Gasteiger partial charge in [0, 0.05) is 23.1 Å². The van der Waals surface area contributed by atoms with Crippen LogP contribution >= 0.6 is 23.2 Å². The number of hydrogen-bond donors (Lipinski definition) is 2. The number of nitrogens with one attached hydrogen (secondary N) is 1. The molecule has 1 aromatic carbocycles. The topological polar surface area (TPSA) is 35.5 Å². The summed E-state index contributed by atoms with van der Waals surface area (Å²) in [5.74, 6) is 0. The van der Waals surface area contributed by atoms with E-state index in [1.165, 1.54) is 0 Å². The lowest BCUT2D eigenvalue weighted by atomic mass is 10.1. The lowest BCUT2D eigenvalue weighted by molar-refractivity contribution is 0.233. The van der Waals surface area contributed by atoms with Gasteiger partial charge in [0.25, 0.3) is 0 Å². The van der Waals surface area contributed by atoms with E-state index in [9.17, 15) is 5.11 Å². The van der Waals surface area contributed by atoms with Crippen LogP contribution in [0.2, 0.25) is 10.0 Å². The number of benzene rings is 1. The standard InChI is InChI=1S/C14H22Cl2N2O/c1-3-18(4-2)8-7-17-14(10-19)12-9-11(15)5-6-13(12)16/h5-6,9,14,17,19H,3-4,7-8,10H2,1-2H3. The van der Waals surface area contributed by atoms with E-state index in [-0.39, 0.29) is 12.6 Å². The van der Waals surface area contributed by atoms with Crippen molar-refractivity contribution in [3.8, 4) is 0 Å². The normalized spacial score (nSPS) is 12.9. The van der Waals surface area contributed by atoms with Gasteiger partial charge in [-0.15, -0.1) is 0 Å². The van der Waals surface area contributed by atoms with Crippen LogP contribution < -0.4 is 5.32 Å². The highest BCUT2D eigenvalue weighted by Gasteiger charge is 2.14. The molecule has 0 aliphatic heterocycles. The van der Waals surface area contributed by atoms with Gasteiger partial charge in [0.05, 0.1) is 12.6 Å². The Kier molecular flexibility index (Phi) is 7.73. The van der Waals surface area contributed by atoms with Crippen molar-refractivity contribution in [3.05, 3.63) is 33.8 Å². The first-order valence-corrected chi connectivity index (χ1v) is 7.39. The molecule has 0 aromatic heterocycles. The van der Waals surface area contributed by atoms with Crippen LogP contribution in [0.25, 0.3) is 0 Å². The summed E-state index contributed by atoms with van der Waals surface area (Å²) in [6.45, 7) is 8.08. The largest absolute Gasteiger partial charge is 0.394 e. The lowest BCUT2D eigenvalue weighted by Crippen LogP contribution is -2.34. The highest BCUT2D eigenvalue weighted by Crippen LogP contribution is 2.26. The molecule has 5 heteroatoms. The van der Waals surface area contributed by atoms with Crippen LogP contribution in [0.5, 0.6) is 0 Å². The molecule has 0 fully saturated rings.